The summed E-state index contributed by atoms with van der Waals surface area (Å²) in [6.45, 7) is 0.339. The summed E-state index contributed by atoms with van der Waals surface area (Å²) in [5, 5.41) is 3.81. The summed E-state index contributed by atoms with van der Waals surface area (Å²) in [6.07, 6.45) is 4.07. The molecule has 1 aromatic heterocycles. The number of fused-ring (bicyclic) bond motifs is 1. The van der Waals surface area contributed by atoms with Crippen LogP contribution < -0.4 is 14.8 Å². The lowest BCUT2D eigenvalue weighted by atomic mass is 9.94. The van der Waals surface area contributed by atoms with E-state index in [1.807, 2.05) is 54.6 Å². The molecular formula is C23H21ClN2O3. The highest BCUT2D eigenvalue weighted by atomic mass is 35.5. The van der Waals surface area contributed by atoms with Crippen molar-refractivity contribution < 1.29 is 14.3 Å². The molecule has 1 aliphatic rings. The summed E-state index contributed by atoms with van der Waals surface area (Å²) in [5.74, 6) is 1.20. The van der Waals surface area contributed by atoms with E-state index in [0.717, 1.165) is 28.2 Å². The largest absolute Gasteiger partial charge is 0.497 e. The predicted molar refractivity (Wildman–Crippen MR) is 111 cm³/mol. The van der Waals surface area contributed by atoms with Crippen LogP contribution in [0, 0.1) is 5.92 Å². The van der Waals surface area contributed by atoms with E-state index in [2.05, 4.69) is 10.3 Å². The van der Waals surface area contributed by atoms with Crippen molar-refractivity contribution in [2.45, 2.75) is 12.5 Å². The predicted octanol–water partition coefficient (Wildman–Crippen LogP) is 4.20. The van der Waals surface area contributed by atoms with E-state index in [-0.39, 0.29) is 17.9 Å². The number of amides is 1. The van der Waals surface area contributed by atoms with Gasteiger partial charge in [-0.05, 0) is 59.5 Å². The maximum Gasteiger partial charge on any atom is 0.227 e. The number of rotatable bonds is 5. The van der Waals surface area contributed by atoms with Gasteiger partial charge in [0.1, 0.15) is 18.1 Å². The first-order valence-electron chi connectivity index (χ1n) is 9.39. The van der Waals surface area contributed by atoms with Crippen LogP contribution in [0.4, 0.5) is 0 Å². The number of benzene rings is 2. The van der Waals surface area contributed by atoms with Crippen molar-refractivity contribution in [2.24, 2.45) is 5.92 Å². The van der Waals surface area contributed by atoms with E-state index >= 15 is 0 Å². The van der Waals surface area contributed by atoms with Crippen LogP contribution in [0.15, 0.2) is 67.0 Å². The first-order chi connectivity index (χ1) is 14.1. The number of nitrogens with zero attached hydrogens (tertiary/aromatic N) is 1. The fourth-order valence-corrected chi connectivity index (χ4v) is 3.61. The topological polar surface area (TPSA) is 60.5 Å². The molecule has 0 aliphatic carbocycles. The lowest BCUT2D eigenvalue weighted by Gasteiger charge is -2.27. The van der Waals surface area contributed by atoms with Crippen molar-refractivity contribution in [3.8, 4) is 11.5 Å². The Balaban J connectivity index is 1.56. The first-order valence-corrected chi connectivity index (χ1v) is 9.77. The minimum atomic E-state index is -0.319. The highest BCUT2D eigenvalue weighted by molar-refractivity contribution is 6.30. The minimum Gasteiger partial charge on any atom is -0.497 e. The molecule has 0 unspecified atom stereocenters. The normalized spacial score (nSPS) is 16.3. The molecule has 5 nitrogen and oxygen atoms in total. The standard InChI is InChI=1S/C23H21ClN2O3/c1-28-20-8-9-21-17(12-20)11-18(14-29-21)23(27)26-22(16-3-2-10-25-13-16)15-4-6-19(24)7-5-15/h2-10,12-13,18,22H,11,14H2,1H3,(H,26,27)/t18-,22+/m1/s1. The molecule has 2 aromatic carbocycles. The Morgan fingerprint density at radius 1 is 1.21 bits per heavy atom. The fourth-order valence-electron chi connectivity index (χ4n) is 3.49. The summed E-state index contributed by atoms with van der Waals surface area (Å²) in [5.41, 5.74) is 2.82. The van der Waals surface area contributed by atoms with Crippen molar-refractivity contribution in [1.82, 2.24) is 10.3 Å². The monoisotopic (exact) mass is 408 g/mol. The molecule has 1 aliphatic heterocycles. The molecule has 0 bridgehead atoms. The van der Waals surface area contributed by atoms with Gasteiger partial charge in [0, 0.05) is 17.4 Å². The van der Waals surface area contributed by atoms with Crippen LogP contribution in [0.25, 0.3) is 0 Å². The van der Waals surface area contributed by atoms with Gasteiger partial charge in [0.25, 0.3) is 0 Å². The molecule has 6 heteroatoms. The van der Waals surface area contributed by atoms with Crippen molar-refractivity contribution >= 4 is 17.5 Å². The van der Waals surface area contributed by atoms with Crippen LogP contribution in [0.1, 0.15) is 22.7 Å². The van der Waals surface area contributed by atoms with Gasteiger partial charge in [-0.2, -0.15) is 0 Å². The Morgan fingerprint density at radius 2 is 2.03 bits per heavy atom. The van der Waals surface area contributed by atoms with Crippen LogP contribution in [0.2, 0.25) is 5.02 Å². The molecular weight excluding hydrogens is 388 g/mol. The molecule has 0 spiro atoms. The zero-order valence-corrected chi connectivity index (χ0v) is 16.7. The lowest BCUT2D eigenvalue weighted by molar-refractivity contribution is -0.126. The molecule has 29 heavy (non-hydrogen) atoms. The van der Waals surface area contributed by atoms with Gasteiger partial charge in [0.05, 0.1) is 19.1 Å². The van der Waals surface area contributed by atoms with Crippen LogP contribution in [0.3, 0.4) is 0 Å². The second kappa shape index (κ2) is 8.53. The Hall–Kier alpha value is -3.05. The van der Waals surface area contributed by atoms with E-state index in [1.165, 1.54) is 0 Å². The van der Waals surface area contributed by atoms with Crippen LogP contribution in [-0.2, 0) is 11.2 Å². The minimum absolute atomic E-state index is 0.0673. The average Bonchev–Trinajstić information content (AvgIpc) is 2.77. The van der Waals surface area contributed by atoms with Gasteiger partial charge in [-0.25, -0.2) is 0 Å². The molecule has 0 fully saturated rings. The van der Waals surface area contributed by atoms with Gasteiger partial charge in [0.2, 0.25) is 5.91 Å². The van der Waals surface area contributed by atoms with Crippen LogP contribution >= 0.6 is 11.6 Å². The quantitative estimate of drug-likeness (QED) is 0.687. The molecule has 2 heterocycles. The SMILES string of the molecule is COc1ccc2c(c1)C[C@@H](C(=O)N[C@@H](c1ccc(Cl)cc1)c1cccnc1)CO2. The smallest absolute Gasteiger partial charge is 0.227 e. The average molecular weight is 409 g/mol. The molecule has 0 saturated heterocycles. The lowest BCUT2D eigenvalue weighted by Crippen LogP contribution is -2.39. The van der Waals surface area contributed by atoms with Crippen LogP contribution in [0.5, 0.6) is 11.5 Å². The van der Waals surface area contributed by atoms with Crippen molar-refractivity contribution in [1.29, 1.82) is 0 Å². The second-order valence-electron chi connectivity index (χ2n) is 6.97. The zero-order valence-electron chi connectivity index (χ0n) is 16.0. The molecule has 3 aromatic rings. The molecule has 0 radical (unpaired) electrons. The number of methoxy groups -OCH3 is 1. The zero-order chi connectivity index (χ0) is 20.2. The van der Waals surface area contributed by atoms with Gasteiger partial charge in [-0.1, -0.05) is 29.8 Å². The van der Waals surface area contributed by atoms with Gasteiger partial charge in [-0.3, -0.25) is 9.78 Å². The van der Waals surface area contributed by atoms with Gasteiger partial charge >= 0.3 is 0 Å². The highest BCUT2D eigenvalue weighted by Crippen LogP contribution is 2.31. The van der Waals surface area contributed by atoms with Gasteiger partial charge in [-0.15, -0.1) is 0 Å². The van der Waals surface area contributed by atoms with Crippen molar-refractivity contribution in [3.05, 3.63) is 88.7 Å². The molecule has 1 N–H and O–H groups in total. The number of hydrogen-bond donors (Lipinski definition) is 1. The number of carbonyl (C=O) groups excluding carboxylic acids is 1. The maximum absolute atomic E-state index is 13.1. The number of aromatic nitrogens is 1. The summed E-state index contributed by atoms with van der Waals surface area (Å²) in [6, 6.07) is 16.6. The van der Waals surface area contributed by atoms with Crippen LogP contribution in [-0.4, -0.2) is 24.6 Å². The summed E-state index contributed by atoms with van der Waals surface area (Å²) >= 11 is 6.04. The summed E-state index contributed by atoms with van der Waals surface area (Å²) in [7, 11) is 1.63. The Bertz CT molecular complexity index is 993. The Labute approximate surface area is 174 Å². The third-order valence-corrected chi connectivity index (χ3v) is 5.30. The molecule has 0 saturated carbocycles. The van der Waals surface area contributed by atoms with E-state index in [0.29, 0.717) is 18.1 Å². The number of pyridine rings is 1. The van der Waals surface area contributed by atoms with E-state index in [1.54, 1.807) is 19.5 Å². The van der Waals surface area contributed by atoms with Gasteiger partial charge in [0.15, 0.2) is 0 Å². The maximum atomic E-state index is 13.1. The second-order valence-corrected chi connectivity index (χ2v) is 7.40. The number of nitrogens with one attached hydrogen (secondary N) is 1. The summed E-state index contributed by atoms with van der Waals surface area (Å²) < 4.78 is 11.1. The summed E-state index contributed by atoms with van der Waals surface area (Å²) in [4.78, 5) is 17.3. The van der Waals surface area contributed by atoms with E-state index in [9.17, 15) is 4.79 Å². The highest BCUT2D eigenvalue weighted by Gasteiger charge is 2.28. The number of halogens is 1. The molecule has 148 valence electrons. The third kappa shape index (κ3) is 4.35. The van der Waals surface area contributed by atoms with Gasteiger partial charge < -0.3 is 14.8 Å². The number of hydrogen-bond acceptors (Lipinski definition) is 4. The fraction of sp³-hybridized carbons (Fsp3) is 0.217. The van der Waals surface area contributed by atoms with E-state index < -0.39 is 0 Å². The third-order valence-electron chi connectivity index (χ3n) is 5.05. The first kappa shape index (κ1) is 19.3. The van der Waals surface area contributed by atoms with Crippen molar-refractivity contribution in [3.63, 3.8) is 0 Å². The Morgan fingerprint density at radius 3 is 2.76 bits per heavy atom. The molecule has 1 amide bonds. The number of carbonyl (C=O) groups is 1. The Kier molecular flexibility index (Phi) is 5.67. The number of ether oxygens (including phenoxy) is 2. The molecule has 4 rings (SSSR count). The van der Waals surface area contributed by atoms with E-state index in [4.69, 9.17) is 21.1 Å². The molecule has 2 atom stereocenters. The van der Waals surface area contributed by atoms with Crippen molar-refractivity contribution in [2.75, 3.05) is 13.7 Å².